The van der Waals surface area contributed by atoms with E-state index in [9.17, 15) is 9.59 Å². The van der Waals surface area contributed by atoms with Crippen LogP contribution in [0, 0.1) is 18.8 Å². The number of nitrogens with zero attached hydrogens (tertiary/aromatic N) is 1. The molecule has 9 nitrogen and oxygen atoms in total. The summed E-state index contributed by atoms with van der Waals surface area (Å²) in [4.78, 5) is 29.0. The van der Waals surface area contributed by atoms with Gasteiger partial charge in [-0.25, -0.2) is 0 Å². The molecule has 2 fully saturated rings. The zero-order chi connectivity index (χ0) is 27.8. The molecule has 4 rings (SSSR count). The fraction of sp³-hybridized carbons (Fsp3) is 0.533. The molecule has 1 aliphatic heterocycles. The van der Waals surface area contributed by atoms with E-state index in [1.807, 2.05) is 48.2 Å². The van der Waals surface area contributed by atoms with E-state index in [0.717, 1.165) is 30.4 Å². The minimum atomic E-state index is -0.318. The third-order valence-corrected chi connectivity index (χ3v) is 7.33. The van der Waals surface area contributed by atoms with Crippen LogP contribution in [-0.4, -0.2) is 70.4 Å². The van der Waals surface area contributed by atoms with Crippen LogP contribution in [0.3, 0.4) is 0 Å². The molecule has 2 aliphatic rings. The van der Waals surface area contributed by atoms with Gasteiger partial charge in [0.15, 0.2) is 0 Å². The van der Waals surface area contributed by atoms with Crippen molar-refractivity contribution in [3.05, 3.63) is 47.5 Å². The highest BCUT2D eigenvalue weighted by Crippen LogP contribution is 2.34. The molecule has 2 amide bonds. The normalized spacial score (nSPS) is 18.8. The first-order valence-corrected chi connectivity index (χ1v) is 13.7. The summed E-state index contributed by atoms with van der Waals surface area (Å²) in [6, 6.07) is 11.7. The summed E-state index contributed by atoms with van der Waals surface area (Å²) in [6.45, 7) is 4.68. The average Bonchev–Trinajstić information content (AvgIpc) is 3.80. The van der Waals surface area contributed by atoms with Gasteiger partial charge in [-0.15, -0.1) is 0 Å². The quantitative estimate of drug-likeness (QED) is 0.374. The number of carbonyl (C=O) groups is 2. The Kier molecular flexibility index (Phi) is 10.1. The van der Waals surface area contributed by atoms with E-state index in [2.05, 4.69) is 10.6 Å². The minimum absolute atomic E-state index is 0.0846. The van der Waals surface area contributed by atoms with Gasteiger partial charge in [0.05, 0.1) is 38.3 Å². The number of benzene rings is 2. The highest BCUT2D eigenvalue weighted by atomic mass is 16.5. The zero-order valence-electron chi connectivity index (χ0n) is 23.5. The van der Waals surface area contributed by atoms with Crippen molar-refractivity contribution in [3.8, 4) is 17.2 Å². The molecule has 0 unspecified atom stereocenters. The van der Waals surface area contributed by atoms with Gasteiger partial charge in [0.25, 0.3) is 0 Å². The van der Waals surface area contributed by atoms with Gasteiger partial charge in [0.1, 0.15) is 17.2 Å². The Morgan fingerprint density at radius 1 is 1.00 bits per heavy atom. The van der Waals surface area contributed by atoms with Gasteiger partial charge in [0.2, 0.25) is 11.8 Å². The second kappa shape index (κ2) is 13.7. The maximum atomic E-state index is 13.8. The number of anilines is 1. The molecule has 2 N–H and O–H groups in total. The molecule has 2 atom stereocenters. The first-order chi connectivity index (χ1) is 18.9. The van der Waals surface area contributed by atoms with Gasteiger partial charge in [-0.1, -0.05) is 12.1 Å². The van der Waals surface area contributed by atoms with Crippen molar-refractivity contribution in [2.45, 2.75) is 45.2 Å². The van der Waals surface area contributed by atoms with E-state index < -0.39 is 0 Å². The van der Waals surface area contributed by atoms with Gasteiger partial charge in [-0.3, -0.25) is 9.59 Å². The van der Waals surface area contributed by atoms with E-state index in [-0.39, 0.29) is 29.7 Å². The number of aryl methyl sites for hydroxylation is 1. The largest absolute Gasteiger partial charge is 0.497 e. The maximum absolute atomic E-state index is 13.8. The molecule has 0 bridgehead atoms. The number of hydrogen-bond acceptors (Lipinski definition) is 7. The number of ether oxygens (including phenoxy) is 4. The summed E-state index contributed by atoms with van der Waals surface area (Å²) in [5, 5.41) is 6.37. The smallest absolute Gasteiger partial charge is 0.228 e. The lowest BCUT2D eigenvalue weighted by molar-refractivity contribution is -0.138. The van der Waals surface area contributed by atoms with Gasteiger partial charge in [0, 0.05) is 51.9 Å². The van der Waals surface area contributed by atoms with Crippen LogP contribution in [0.25, 0.3) is 0 Å². The molecule has 212 valence electrons. The second-order valence-electron chi connectivity index (χ2n) is 10.3. The van der Waals surface area contributed by atoms with Crippen molar-refractivity contribution >= 4 is 17.5 Å². The van der Waals surface area contributed by atoms with E-state index in [4.69, 9.17) is 18.9 Å². The number of rotatable bonds is 13. The summed E-state index contributed by atoms with van der Waals surface area (Å²) in [5.41, 5.74) is 2.57. The van der Waals surface area contributed by atoms with Crippen molar-refractivity contribution in [2.75, 3.05) is 52.9 Å². The summed E-state index contributed by atoms with van der Waals surface area (Å²) < 4.78 is 22.0. The monoisotopic (exact) mass is 539 g/mol. The van der Waals surface area contributed by atoms with Crippen molar-refractivity contribution < 1.29 is 28.5 Å². The number of piperidine rings is 1. The van der Waals surface area contributed by atoms with E-state index in [0.29, 0.717) is 62.2 Å². The molecule has 39 heavy (non-hydrogen) atoms. The topological polar surface area (TPSA) is 98.4 Å². The fourth-order valence-electron chi connectivity index (χ4n) is 5.05. The molecule has 1 saturated carbocycles. The van der Waals surface area contributed by atoms with Crippen LogP contribution in [-0.2, 0) is 20.9 Å². The Morgan fingerprint density at radius 3 is 2.49 bits per heavy atom. The predicted molar refractivity (Wildman–Crippen MR) is 149 cm³/mol. The molecule has 1 heterocycles. The van der Waals surface area contributed by atoms with Crippen molar-refractivity contribution in [2.24, 2.45) is 11.8 Å². The van der Waals surface area contributed by atoms with Crippen LogP contribution in [0.4, 0.5) is 5.69 Å². The maximum Gasteiger partial charge on any atom is 0.228 e. The van der Waals surface area contributed by atoms with Crippen LogP contribution in [0.1, 0.15) is 36.8 Å². The van der Waals surface area contributed by atoms with Crippen LogP contribution >= 0.6 is 0 Å². The third kappa shape index (κ3) is 7.64. The molecular weight excluding hydrogens is 498 g/mol. The number of nitrogens with one attached hydrogen (secondary N) is 2. The molecule has 0 radical (unpaired) electrons. The Balaban J connectivity index is 1.43. The zero-order valence-corrected chi connectivity index (χ0v) is 23.5. The summed E-state index contributed by atoms with van der Waals surface area (Å²) >= 11 is 0. The van der Waals surface area contributed by atoms with Crippen LogP contribution < -0.4 is 24.8 Å². The Bertz CT molecular complexity index is 1140. The van der Waals surface area contributed by atoms with Gasteiger partial charge in [-0.05, 0) is 55.5 Å². The molecule has 2 aromatic rings. The van der Waals surface area contributed by atoms with E-state index in [1.54, 1.807) is 21.3 Å². The van der Waals surface area contributed by atoms with Crippen molar-refractivity contribution in [1.82, 2.24) is 10.2 Å². The number of carbonyl (C=O) groups excluding carboxylic acids is 2. The van der Waals surface area contributed by atoms with E-state index >= 15 is 0 Å². The molecule has 1 saturated heterocycles. The molecule has 0 spiro atoms. The molecule has 9 heteroatoms. The van der Waals surface area contributed by atoms with Gasteiger partial charge >= 0.3 is 0 Å². The average molecular weight is 540 g/mol. The Labute approximate surface area is 231 Å². The number of hydrogen-bond donors (Lipinski definition) is 2. The van der Waals surface area contributed by atoms with Crippen molar-refractivity contribution in [1.29, 1.82) is 0 Å². The Morgan fingerprint density at radius 2 is 1.77 bits per heavy atom. The SMILES string of the molecule is COCCCOc1cc(CN(C(=O)[C@H]2CNC[C@@H](C(=O)Nc3c(C)cccc3OC)C2)C2CC2)cc(OC)c1. The second-order valence-corrected chi connectivity index (χ2v) is 10.3. The lowest BCUT2D eigenvalue weighted by atomic mass is 9.88. The number of para-hydroxylation sites is 1. The fourth-order valence-corrected chi connectivity index (χ4v) is 5.05. The molecule has 0 aromatic heterocycles. The van der Waals surface area contributed by atoms with Gasteiger partial charge in [-0.2, -0.15) is 0 Å². The van der Waals surface area contributed by atoms with Gasteiger partial charge < -0.3 is 34.5 Å². The van der Waals surface area contributed by atoms with Crippen molar-refractivity contribution in [3.63, 3.8) is 0 Å². The minimum Gasteiger partial charge on any atom is -0.497 e. The molecule has 1 aliphatic carbocycles. The Hall–Kier alpha value is -3.30. The van der Waals surface area contributed by atoms with Crippen LogP contribution in [0.15, 0.2) is 36.4 Å². The standard InChI is InChI=1S/C30H41N3O6/c1-20-7-5-8-27(38-4)28(20)32-29(34)22-15-23(18-31-17-22)30(35)33(24-9-10-24)19-21-13-25(37-3)16-26(14-21)39-12-6-11-36-2/h5,7-8,13-14,16,22-24,31H,6,9-12,15,17-19H2,1-4H3,(H,32,34)/t22-,23+/m0/s1. The highest BCUT2D eigenvalue weighted by molar-refractivity contribution is 5.95. The summed E-state index contributed by atoms with van der Waals surface area (Å²) in [6.07, 6.45) is 3.28. The number of methoxy groups -OCH3 is 3. The first-order valence-electron chi connectivity index (χ1n) is 13.7. The molecule has 2 aromatic carbocycles. The van der Waals surface area contributed by atoms with E-state index in [1.165, 1.54) is 0 Å². The predicted octanol–water partition coefficient (Wildman–Crippen LogP) is 3.78. The third-order valence-electron chi connectivity index (χ3n) is 7.33. The van der Waals surface area contributed by atoms with Crippen LogP contribution in [0.5, 0.6) is 17.2 Å². The highest BCUT2D eigenvalue weighted by Gasteiger charge is 2.39. The molecular formula is C30H41N3O6. The van der Waals surface area contributed by atoms with Crippen LogP contribution in [0.2, 0.25) is 0 Å². The first kappa shape index (κ1) is 28.7. The number of amides is 2. The lowest BCUT2D eigenvalue weighted by Gasteiger charge is -2.33. The summed E-state index contributed by atoms with van der Waals surface area (Å²) in [7, 11) is 4.89. The lowest BCUT2D eigenvalue weighted by Crippen LogP contribution is -2.48. The summed E-state index contributed by atoms with van der Waals surface area (Å²) in [5.74, 6) is 1.42.